The van der Waals surface area contributed by atoms with Crippen LogP contribution in [0.15, 0.2) is 24.3 Å². The van der Waals surface area contributed by atoms with Gasteiger partial charge in [-0.2, -0.15) is 0 Å². The Morgan fingerprint density at radius 2 is 2.04 bits per heavy atom. The van der Waals surface area contributed by atoms with Gasteiger partial charge in [0.2, 0.25) is 11.8 Å². The number of ether oxygens (including phenoxy) is 1. The second-order valence-corrected chi connectivity index (χ2v) is 6.48. The molecule has 2 rings (SSSR count). The summed E-state index contributed by atoms with van der Waals surface area (Å²) in [6.45, 7) is 7.07. The Morgan fingerprint density at radius 1 is 1.35 bits per heavy atom. The van der Waals surface area contributed by atoms with E-state index in [0.29, 0.717) is 19.1 Å². The summed E-state index contributed by atoms with van der Waals surface area (Å²) in [6.07, 6.45) is 0.268. The molecular formula is C18H26N2O3. The van der Waals surface area contributed by atoms with Crippen LogP contribution >= 0.6 is 0 Å². The van der Waals surface area contributed by atoms with Gasteiger partial charge in [-0.1, -0.05) is 32.0 Å². The molecule has 1 fully saturated rings. The number of carbonyl (C=O) groups is 2. The molecule has 0 saturated carbocycles. The van der Waals surface area contributed by atoms with Gasteiger partial charge in [0.15, 0.2) is 0 Å². The second kappa shape index (κ2) is 7.59. The van der Waals surface area contributed by atoms with E-state index in [1.54, 1.807) is 12.0 Å². The first-order valence-corrected chi connectivity index (χ1v) is 8.12. The molecule has 0 aliphatic carbocycles. The Kier molecular flexibility index (Phi) is 5.77. The molecule has 0 spiro atoms. The number of hydrogen-bond donors (Lipinski definition) is 1. The number of carbonyl (C=O) groups excluding carboxylic acids is 2. The zero-order valence-corrected chi connectivity index (χ0v) is 14.3. The van der Waals surface area contributed by atoms with Crippen molar-refractivity contribution in [1.82, 2.24) is 4.90 Å². The van der Waals surface area contributed by atoms with Crippen molar-refractivity contribution in [2.24, 2.45) is 5.92 Å². The predicted molar refractivity (Wildman–Crippen MR) is 90.3 cm³/mol. The lowest BCUT2D eigenvalue weighted by atomic mass is 10.0. The summed E-state index contributed by atoms with van der Waals surface area (Å²) in [6, 6.07) is 7.81. The van der Waals surface area contributed by atoms with Crippen molar-refractivity contribution in [1.29, 1.82) is 0 Å². The SMILES string of the molecule is COC[C@H](C)N1C[C@H](C(=O)Nc2ccccc2C(C)C)CC1=O. The Hall–Kier alpha value is -1.88. The lowest BCUT2D eigenvalue weighted by Gasteiger charge is -2.24. The summed E-state index contributed by atoms with van der Waals surface area (Å²) in [5.41, 5.74) is 1.94. The van der Waals surface area contributed by atoms with E-state index in [9.17, 15) is 9.59 Å². The number of amides is 2. The van der Waals surface area contributed by atoms with Crippen molar-refractivity contribution in [3.63, 3.8) is 0 Å². The zero-order chi connectivity index (χ0) is 17.0. The van der Waals surface area contributed by atoms with Crippen LogP contribution in [0.4, 0.5) is 5.69 Å². The molecule has 1 aliphatic rings. The largest absolute Gasteiger partial charge is 0.383 e. The normalized spacial score (nSPS) is 19.3. The molecule has 5 nitrogen and oxygen atoms in total. The molecule has 2 atom stereocenters. The fourth-order valence-electron chi connectivity index (χ4n) is 3.01. The molecule has 1 heterocycles. The Morgan fingerprint density at radius 3 is 2.70 bits per heavy atom. The number of nitrogens with zero attached hydrogens (tertiary/aromatic N) is 1. The van der Waals surface area contributed by atoms with Crippen LogP contribution in [-0.2, 0) is 14.3 Å². The minimum atomic E-state index is -0.304. The van der Waals surface area contributed by atoms with Crippen molar-refractivity contribution in [3.8, 4) is 0 Å². The lowest BCUT2D eigenvalue weighted by Crippen LogP contribution is -2.38. The molecule has 1 N–H and O–H groups in total. The van der Waals surface area contributed by atoms with Crippen molar-refractivity contribution in [3.05, 3.63) is 29.8 Å². The van der Waals surface area contributed by atoms with Crippen LogP contribution in [0, 0.1) is 5.92 Å². The molecular weight excluding hydrogens is 292 g/mol. The van der Waals surface area contributed by atoms with Crippen LogP contribution in [0.1, 0.15) is 38.7 Å². The minimum Gasteiger partial charge on any atom is -0.383 e. The Balaban J connectivity index is 2.04. The molecule has 0 bridgehead atoms. The number of benzene rings is 1. The van der Waals surface area contributed by atoms with E-state index < -0.39 is 0 Å². The summed E-state index contributed by atoms with van der Waals surface area (Å²) in [7, 11) is 1.62. The van der Waals surface area contributed by atoms with Crippen molar-refractivity contribution in [2.45, 2.75) is 39.2 Å². The third-order valence-corrected chi connectivity index (χ3v) is 4.31. The number of anilines is 1. The summed E-state index contributed by atoms with van der Waals surface area (Å²) in [4.78, 5) is 26.4. The second-order valence-electron chi connectivity index (χ2n) is 6.48. The quantitative estimate of drug-likeness (QED) is 0.877. The fourth-order valence-corrected chi connectivity index (χ4v) is 3.01. The zero-order valence-electron chi connectivity index (χ0n) is 14.3. The van der Waals surface area contributed by atoms with Gasteiger partial charge in [0.05, 0.1) is 18.6 Å². The molecule has 0 unspecified atom stereocenters. The smallest absolute Gasteiger partial charge is 0.229 e. The summed E-state index contributed by atoms with van der Waals surface area (Å²) < 4.78 is 5.10. The van der Waals surface area contributed by atoms with Crippen molar-refractivity contribution >= 4 is 17.5 Å². The highest BCUT2D eigenvalue weighted by molar-refractivity contribution is 5.97. The number of para-hydroxylation sites is 1. The minimum absolute atomic E-state index is 0.00625. The first kappa shape index (κ1) is 17.5. The first-order valence-electron chi connectivity index (χ1n) is 8.12. The fraction of sp³-hybridized carbons (Fsp3) is 0.556. The maximum absolute atomic E-state index is 12.5. The monoisotopic (exact) mass is 318 g/mol. The highest BCUT2D eigenvalue weighted by Gasteiger charge is 2.36. The van der Waals surface area contributed by atoms with Crippen LogP contribution < -0.4 is 5.32 Å². The number of hydrogen-bond acceptors (Lipinski definition) is 3. The Bertz CT molecular complexity index is 571. The maximum Gasteiger partial charge on any atom is 0.229 e. The van der Waals surface area contributed by atoms with E-state index in [1.165, 1.54) is 0 Å². The molecule has 2 amide bonds. The van der Waals surface area contributed by atoms with E-state index in [2.05, 4.69) is 19.2 Å². The molecule has 0 radical (unpaired) electrons. The van der Waals surface area contributed by atoms with E-state index in [0.717, 1.165) is 11.3 Å². The van der Waals surface area contributed by atoms with Gasteiger partial charge in [-0.25, -0.2) is 0 Å². The number of likely N-dealkylation sites (tertiary alicyclic amines) is 1. The average Bonchev–Trinajstić information content (AvgIpc) is 2.90. The molecule has 23 heavy (non-hydrogen) atoms. The molecule has 5 heteroatoms. The van der Waals surface area contributed by atoms with Crippen molar-refractivity contribution in [2.75, 3.05) is 25.6 Å². The number of nitrogens with one attached hydrogen (secondary N) is 1. The Labute approximate surface area is 138 Å². The maximum atomic E-state index is 12.5. The third kappa shape index (κ3) is 4.10. The van der Waals surface area contributed by atoms with Crippen LogP contribution in [0.2, 0.25) is 0 Å². The van der Waals surface area contributed by atoms with Gasteiger partial charge in [-0.3, -0.25) is 9.59 Å². The number of methoxy groups -OCH3 is 1. The molecule has 1 aromatic carbocycles. The van der Waals surface area contributed by atoms with E-state index in [1.807, 2.05) is 31.2 Å². The standard InChI is InChI=1S/C18H26N2O3/c1-12(2)15-7-5-6-8-16(15)19-18(22)14-9-17(21)20(10-14)13(3)11-23-4/h5-8,12-14H,9-11H2,1-4H3,(H,19,22)/t13-,14+/m0/s1. The van der Waals surface area contributed by atoms with Gasteiger partial charge in [0.1, 0.15) is 0 Å². The summed E-state index contributed by atoms with van der Waals surface area (Å²) in [5, 5.41) is 3.00. The first-order chi connectivity index (χ1) is 10.9. The average molecular weight is 318 g/mol. The summed E-state index contributed by atoms with van der Waals surface area (Å²) >= 11 is 0. The van der Waals surface area contributed by atoms with Crippen LogP contribution in [0.25, 0.3) is 0 Å². The van der Waals surface area contributed by atoms with Gasteiger partial charge in [-0.15, -0.1) is 0 Å². The van der Waals surface area contributed by atoms with Gasteiger partial charge >= 0.3 is 0 Å². The van der Waals surface area contributed by atoms with Crippen LogP contribution in [0.5, 0.6) is 0 Å². The molecule has 126 valence electrons. The predicted octanol–water partition coefficient (Wildman–Crippen LogP) is 2.63. The van der Waals surface area contributed by atoms with E-state index in [4.69, 9.17) is 4.74 Å². The van der Waals surface area contributed by atoms with Crippen LogP contribution in [0.3, 0.4) is 0 Å². The van der Waals surface area contributed by atoms with Gasteiger partial charge in [0, 0.05) is 25.8 Å². The molecule has 0 aromatic heterocycles. The molecule has 1 aromatic rings. The van der Waals surface area contributed by atoms with Gasteiger partial charge in [0.25, 0.3) is 0 Å². The number of rotatable bonds is 6. The van der Waals surface area contributed by atoms with Gasteiger partial charge in [-0.05, 0) is 24.5 Å². The highest BCUT2D eigenvalue weighted by Crippen LogP contribution is 2.26. The topological polar surface area (TPSA) is 58.6 Å². The van der Waals surface area contributed by atoms with E-state index >= 15 is 0 Å². The van der Waals surface area contributed by atoms with Crippen molar-refractivity contribution < 1.29 is 14.3 Å². The molecule has 1 saturated heterocycles. The summed E-state index contributed by atoms with van der Waals surface area (Å²) in [5.74, 6) is -0.0395. The third-order valence-electron chi connectivity index (χ3n) is 4.31. The lowest BCUT2D eigenvalue weighted by molar-refractivity contribution is -0.130. The van der Waals surface area contributed by atoms with Gasteiger partial charge < -0.3 is 15.0 Å². The van der Waals surface area contributed by atoms with Crippen LogP contribution in [-0.4, -0.2) is 43.0 Å². The molecule has 1 aliphatic heterocycles. The van der Waals surface area contributed by atoms with E-state index in [-0.39, 0.29) is 30.2 Å². The highest BCUT2D eigenvalue weighted by atomic mass is 16.5.